The summed E-state index contributed by atoms with van der Waals surface area (Å²) < 4.78 is 6.78. The van der Waals surface area contributed by atoms with E-state index in [9.17, 15) is 9.59 Å². The number of nitrogens with zero attached hydrogens (tertiary/aromatic N) is 3. The first-order valence-electron chi connectivity index (χ1n) is 9.58. The van der Waals surface area contributed by atoms with Crippen LogP contribution in [0.25, 0.3) is 22.3 Å². The summed E-state index contributed by atoms with van der Waals surface area (Å²) >= 11 is 0. The number of nitrogens with one attached hydrogen (secondary N) is 1. The van der Waals surface area contributed by atoms with Crippen LogP contribution < -0.4 is 10.3 Å². The number of para-hydroxylation sites is 1. The van der Waals surface area contributed by atoms with Crippen LogP contribution in [0.4, 0.5) is 4.79 Å². The van der Waals surface area contributed by atoms with Gasteiger partial charge in [0.1, 0.15) is 11.6 Å². The van der Waals surface area contributed by atoms with Crippen LogP contribution in [0.5, 0.6) is 5.75 Å². The molecular weight excluding hydrogens is 384 g/mol. The lowest BCUT2D eigenvalue weighted by molar-refractivity contribution is 0.144. The van der Waals surface area contributed by atoms with Gasteiger partial charge >= 0.3 is 6.16 Å². The quantitative estimate of drug-likeness (QED) is 0.373. The molecule has 4 aromatic rings. The highest BCUT2D eigenvalue weighted by atomic mass is 16.7. The zero-order valence-electron chi connectivity index (χ0n) is 16.3. The number of carboxylic acid groups (broad SMARTS) is 1. The molecule has 2 heterocycles. The fourth-order valence-electron chi connectivity index (χ4n) is 3.47. The number of aryl methyl sites for hydroxylation is 1. The molecule has 8 heteroatoms. The zero-order chi connectivity index (χ0) is 21.1. The Morgan fingerprint density at radius 3 is 2.67 bits per heavy atom. The SMILES string of the molecule is CCCc1nc2nc[nH]c(=O)c2n1Cc1ccc(-c2ccccc2OC(=O)O)cc1. The molecule has 0 amide bonds. The third-order valence-corrected chi connectivity index (χ3v) is 4.79. The topological polar surface area (TPSA) is 110 Å². The average molecular weight is 404 g/mol. The van der Waals surface area contributed by atoms with Gasteiger partial charge in [-0.05, 0) is 23.6 Å². The molecule has 0 atom stereocenters. The molecule has 2 N–H and O–H groups in total. The fourth-order valence-corrected chi connectivity index (χ4v) is 3.47. The summed E-state index contributed by atoms with van der Waals surface area (Å²) in [6.07, 6.45) is 1.66. The van der Waals surface area contributed by atoms with Crippen LogP contribution in [-0.2, 0) is 13.0 Å². The van der Waals surface area contributed by atoms with E-state index in [1.54, 1.807) is 18.2 Å². The maximum atomic E-state index is 12.4. The highest BCUT2D eigenvalue weighted by Gasteiger charge is 2.15. The number of carbonyl (C=O) groups is 1. The molecule has 0 aliphatic rings. The van der Waals surface area contributed by atoms with Gasteiger partial charge < -0.3 is 19.4 Å². The van der Waals surface area contributed by atoms with Gasteiger partial charge in [0.2, 0.25) is 0 Å². The molecule has 0 aliphatic carbocycles. The molecular formula is C22H20N4O4. The van der Waals surface area contributed by atoms with Gasteiger partial charge in [0.15, 0.2) is 11.2 Å². The van der Waals surface area contributed by atoms with Gasteiger partial charge in [-0.3, -0.25) is 4.79 Å². The monoisotopic (exact) mass is 404 g/mol. The van der Waals surface area contributed by atoms with Crippen LogP contribution in [0.1, 0.15) is 24.7 Å². The highest BCUT2D eigenvalue weighted by molar-refractivity contribution is 5.74. The number of imidazole rings is 1. The summed E-state index contributed by atoms with van der Waals surface area (Å²) in [5.74, 6) is 1.10. The molecule has 0 radical (unpaired) electrons. The highest BCUT2D eigenvalue weighted by Crippen LogP contribution is 2.30. The Morgan fingerprint density at radius 2 is 1.93 bits per heavy atom. The lowest BCUT2D eigenvalue weighted by Gasteiger charge is -2.11. The summed E-state index contributed by atoms with van der Waals surface area (Å²) in [6.45, 7) is 2.54. The van der Waals surface area contributed by atoms with Crippen LogP contribution in [0.3, 0.4) is 0 Å². The molecule has 2 aromatic heterocycles. The molecule has 30 heavy (non-hydrogen) atoms. The van der Waals surface area contributed by atoms with Crippen molar-refractivity contribution in [2.24, 2.45) is 0 Å². The summed E-state index contributed by atoms with van der Waals surface area (Å²) in [5, 5.41) is 8.94. The van der Waals surface area contributed by atoms with Gasteiger partial charge in [0.05, 0.1) is 6.33 Å². The standard InChI is InChI=1S/C22H20N4O4/c1-2-5-18-25-20-19(21(27)24-13-23-20)26(18)12-14-8-10-15(11-9-14)16-6-3-4-7-17(16)30-22(28)29/h3-4,6-11,13H,2,5,12H2,1H3,(H,28,29)(H,23,24,27). The predicted octanol–water partition coefficient (Wildman–Crippen LogP) is 3.84. The number of H-pyrrole nitrogens is 1. The first-order chi connectivity index (χ1) is 14.6. The largest absolute Gasteiger partial charge is 0.511 e. The van der Waals surface area contributed by atoms with Gasteiger partial charge in [0, 0.05) is 18.5 Å². The van der Waals surface area contributed by atoms with Crippen LogP contribution >= 0.6 is 0 Å². The molecule has 8 nitrogen and oxygen atoms in total. The minimum Gasteiger partial charge on any atom is -0.449 e. The van der Waals surface area contributed by atoms with Crippen molar-refractivity contribution in [2.75, 3.05) is 0 Å². The number of fused-ring (bicyclic) bond motifs is 1. The second-order valence-electron chi connectivity index (χ2n) is 6.83. The number of rotatable bonds is 6. The van der Waals surface area contributed by atoms with Crippen molar-refractivity contribution in [1.29, 1.82) is 0 Å². The first-order valence-corrected chi connectivity index (χ1v) is 9.58. The maximum absolute atomic E-state index is 12.4. The summed E-state index contributed by atoms with van der Waals surface area (Å²) in [4.78, 5) is 34.6. The number of hydrogen-bond donors (Lipinski definition) is 2. The zero-order valence-corrected chi connectivity index (χ0v) is 16.3. The smallest absolute Gasteiger partial charge is 0.449 e. The minimum atomic E-state index is -1.35. The van der Waals surface area contributed by atoms with Crippen molar-refractivity contribution >= 4 is 17.3 Å². The van der Waals surface area contributed by atoms with Gasteiger partial charge in [0.25, 0.3) is 5.56 Å². The van der Waals surface area contributed by atoms with Crippen LogP contribution in [0, 0.1) is 0 Å². The summed E-state index contributed by atoms with van der Waals surface area (Å²) in [5.41, 5.74) is 3.19. The van der Waals surface area contributed by atoms with Crippen LogP contribution in [0.2, 0.25) is 0 Å². The number of aromatic amines is 1. The Balaban J connectivity index is 1.68. The van der Waals surface area contributed by atoms with Crippen molar-refractivity contribution in [3.8, 4) is 16.9 Å². The first kappa shape index (κ1) is 19.4. The molecule has 152 valence electrons. The van der Waals surface area contributed by atoms with Crippen molar-refractivity contribution < 1.29 is 14.6 Å². The van der Waals surface area contributed by atoms with Gasteiger partial charge in [-0.25, -0.2) is 14.8 Å². The average Bonchev–Trinajstić information content (AvgIpc) is 3.07. The Labute approximate surface area is 171 Å². The van der Waals surface area contributed by atoms with E-state index in [1.807, 2.05) is 34.9 Å². The van der Waals surface area contributed by atoms with E-state index >= 15 is 0 Å². The second kappa shape index (κ2) is 8.20. The molecule has 0 saturated heterocycles. The van der Waals surface area contributed by atoms with Crippen molar-refractivity contribution in [2.45, 2.75) is 26.3 Å². The van der Waals surface area contributed by atoms with E-state index in [0.29, 0.717) is 23.3 Å². The van der Waals surface area contributed by atoms with Gasteiger partial charge in [-0.15, -0.1) is 0 Å². The lowest BCUT2D eigenvalue weighted by atomic mass is 10.0. The van der Waals surface area contributed by atoms with E-state index in [-0.39, 0.29) is 11.3 Å². The predicted molar refractivity (Wildman–Crippen MR) is 112 cm³/mol. The fraction of sp³-hybridized carbons (Fsp3) is 0.182. The Bertz CT molecular complexity index is 1260. The number of ether oxygens (including phenoxy) is 1. The van der Waals surface area contributed by atoms with E-state index in [2.05, 4.69) is 21.9 Å². The molecule has 2 aromatic carbocycles. The van der Waals surface area contributed by atoms with Crippen LogP contribution in [-0.4, -0.2) is 30.8 Å². The third kappa shape index (κ3) is 3.80. The maximum Gasteiger partial charge on any atom is 0.511 e. The minimum absolute atomic E-state index is 0.216. The van der Waals surface area contributed by atoms with Crippen molar-refractivity contribution in [1.82, 2.24) is 19.5 Å². The second-order valence-corrected chi connectivity index (χ2v) is 6.83. The summed E-state index contributed by atoms with van der Waals surface area (Å²) in [6, 6.07) is 14.7. The van der Waals surface area contributed by atoms with Crippen molar-refractivity contribution in [3.05, 3.63) is 76.6 Å². The third-order valence-electron chi connectivity index (χ3n) is 4.79. The lowest BCUT2D eigenvalue weighted by Crippen LogP contribution is -2.13. The van der Waals surface area contributed by atoms with Gasteiger partial charge in [-0.1, -0.05) is 49.4 Å². The molecule has 0 aliphatic heterocycles. The Kier molecular flexibility index (Phi) is 5.30. The normalized spacial score (nSPS) is 11.0. The molecule has 0 fully saturated rings. The van der Waals surface area contributed by atoms with E-state index in [1.165, 1.54) is 6.33 Å². The number of hydrogen-bond acceptors (Lipinski definition) is 5. The summed E-state index contributed by atoms with van der Waals surface area (Å²) in [7, 11) is 0. The van der Waals surface area contributed by atoms with Crippen molar-refractivity contribution in [3.63, 3.8) is 0 Å². The molecule has 0 saturated carbocycles. The number of benzene rings is 2. The van der Waals surface area contributed by atoms with Crippen LogP contribution in [0.15, 0.2) is 59.7 Å². The Morgan fingerprint density at radius 1 is 1.17 bits per heavy atom. The molecule has 4 rings (SSSR count). The number of aromatic nitrogens is 4. The Hall–Kier alpha value is -3.94. The molecule has 0 bridgehead atoms. The molecule has 0 spiro atoms. The van der Waals surface area contributed by atoms with E-state index in [0.717, 1.165) is 29.8 Å². The van der Waals surface area contributed by atoms with E-state index < -0.39 is 6.16 Å². The van der Waals surface area contributed by atoms with E-state index in [4.69, 9.17) is 9.84 Å². The van der Waals surface area contributed by atoms with Gasteiger partial charge in [-0.2, -0.15) is 0 Å². The molecule has 0 unspecified atom stereocenters.